The van der Waals surface area contributed by atoms with Gasteiger partial charge in [-0.25, -0.2) is 4.58 Å². The van der Waals surface area contributed by atoms with Crippen LogP contribution in [0.3, 0.4) is 0 Å². The summed E-state index contributed by atoms with van der Waals surface area (Å²) in [5, 5.41) is 2.31. The first-order chi connectivity index (χ1) is 18.8. The molecule has 2 aromatic rings. The summed E-state index contributed by atoms with van der Waals surface area (Å²) in [6.45, 7) is 10.1. The summed E-state index contributed by atoms with van der Waals surface area (Å²) in [7, 11) is 0. The van der Waals surface area contributed by atoms with Crippen molar-refractivity contribution in [3.8, 4) is 22.5 Å². The van der Waals surface area contributed by atoms with Gasteiger partial charge in [0, 0.05) is 66.2 Å². The summed E-state index contributed by atoms with van der Waals surface area (Å²) in [5.74, 6) is 0.910. The van der Waals surface area contributed by atoms with Gasteiger partial charge in [-0.1, -0.05) is 12.1 Å². The Kier molecular flexibility index (Phi) is 6.49. The number of hydrogen-bond acceptors (Lipinski definition) is 6. The summed E-state index contributed by atoms with van der Waals surface area (Å²) in [4.78, 5) is 4.77. The van der Waals surface area contributed by atoms with Crippen molar-refractivity contribution in [3.05, 3.63) is 66.0 Å². The molecule has 0 spiro atoms. The van der Waals surface area contributed by atoms with E-state index < -0.39 is 0 Å². The normalized spacial score (nSPS) is 18.9. The first-order valence-electron chi connectivity index (χ1n) is 13.8. The van der Waals surface area contributed by atoms with E-state index in [1.165, 1.54) is 27.9 Å². The quantitative estimate of drug-likeness (QED) is 0.308. The van der Waals surface area contributed by atoms with Crippen LogP contribution in [0.2, 0.25) is 0 Å². The number of anilines is 2. The highest BCUT2D eigenvalue weighted by Gasteiger charge is 2.21. The number of ether oxygens (including phenoxy) is 3. The highest BCUT2D eigenvalue weighted by molar-refractivity contribution is 6.02. The van der Waals surface area contributed by atoms with Crippen molar-refractivity contribution in [3.63, 3.8) is 0 Å². The minimum atomic E-state index is 0.760. The maximum atomic E-state index is 6.65. The molecule has 0 amide bonds. The highest BCUT2D eigenvalue weighted by atomic mass is 16.5. The van der Waals surface area contributed by atoms with Gasteiger partial charge >= 0.3 is 0 Å². The molecule has 0 N–H and O–H groups in total. The Morgan fingerprint density at radius 1 is 0.605 bits per heavy atom. The van der Waals surface area contributed by atoms with Crippen LogP contribution in [0, 0.1) is 0 Å². The number of morpholine rings is 3. The predicted molar refractivity (Wildman–Crippen MR) is 150 cm³/mol. The molecular weight excluding hydrogens is 478 g/mol. The summed E-state index contributed by atoms with van der Waals surface area (Å²) >= 11 is 0. The zero-order valence-corrected chi connectivity index (χ0v) is 21.7. The van der Waals surface area contributed by atoms with Crippen LogP contribution in [-0.4, -0.2) is 78.9 Å². The maximum Gasteiger partial charge on any atom is 0.203 e. The first kappa shape index (κ1) is 23.7. The largest absolute Gasteiger partial charge is 0.456 e. The third-order valence-electron chi connectivity index (χ3n) is 7.97. The SMILES string of the molecule is c1cc(N2CCOCC2)ccc1-c1c2ccc(=[N+]3CCOCC3)cc-2oc2cc(N3CCOCC3)ccc12. The summed E-state index contributed by atoms with van der Waals surface area (Å²) < 4.78 is 25.7. The van der Waals surface area contributed by atoms with Gasteiger partial charge in [-0.05, 0) is 35.9 Å². The minimum Gasteiger partial charge on any atom is -0.456 e. The molecule has 0 unspecified atom stereocenters. The molecule has 4 heterocycles. The lowest BCUT2D eigenvalue weighted by Gasteiger charge is -2.29. The van der Waals surface area contributed by atoms with E-state index in [1.807, 2.05) is 0 Å². The number of nitrogens with zero attached hydrogens (tertiary/aromatic N) is 3. The first-order valence-corrected chi connectivity index (χ1v) is 13.8. The molecular formula is C31H34N3O4+. The Morgan fingerprint density at radius 3 is 1.95 bits per heavy atom. The molecule has 0 saturated carbocycles. The number of rotatable bonds is 3. The van der Waals surface area contributed by atoms with Gasteiger partial charge in [0.1, 0.15) is 24.6 Å². The van der Waals surface area contributed by atoms with E-state index in [4.69, 9.17) is 18.6 Å². The Balaban J connectivity index is 1.38. The second-order valence-electron chi connectivity index (χ2n) is 10.2. The summed E-state index contributed by atoms with van der Waals surface area (Å²) in [6, 6.07) is 22.3. The van der Waals surface area contributed by atoms with Crippen LogP contribution in [-0.2, 0) is 14.2 Å². The molecule has 7 rings (SSSR count). The van der Waals surface area contributed by atoms with Crippen LogP contribution in [0.1, 0.15) is 0 Å². The third-order valence-corrected chi connectivity index (χ3v) is 7.97. The van der Waals surface area contributed by atoms with E-state index in [0.717, 1.165) is 101 Å². The zero-order chi connectivity index (χ0) is 25.3. The van der Waals surface area contributed by atoms with E-state index in [0.29, 0.717) is 0 Å². The average Bonchev–Trinajstić information content (AvgIpc) is 3.01. The molecule has 3 saturated heterocycles. The third kappa shape index (κ3) is 4.55. The topological polar surface area (TPSA) is 50.3 Å². The maximum absolute atomic E-state index is 6.65. The average molecular weight is 513 g/mol. The van der Waals surface area contributed by atoms with Gasteiger partial charge in [0.05, 0.1) is 32.5 Å². The molecule has 1 aliphatic carbocycles. The minimum absolute atomic E-state index is 0.760. The monoisotopic (exact) mass is 512 g/mol. The van der Waals surface area contributed by atoms with E-state index in [-0.39, 0.29) is 0 Å². The molecule has 5 aliphatic rings. The molecule has 0 aromatic heterocycles. The van der Waals surface area contributed by atoms with Crippen LogP contribution in [0.4, 0.5) is 11.4 Å². The van der Waals surface area contributed by atoms with Crippen LogP contribution in [0.15, 0.2) is 65.1 Å². The van der Waals surface area contributed by atoms with Crippen LogP contribution < -0.4 is 19.7 Å². The molecule has 0 atom stereocenters. The number of benzene rings is 3. The lowest BCUT2D eigenvalue weighted by Crippen LogP contribution is -2.39. The van der Waals surface area contributed by atoms with Crippen molar-refractivity contribution in [1.82, 2.24) is 4.58 Å². The van der Waals surface area contributed by atoms with Gasteiger partial charge in [0.15, 0.2) is 13.1 Å². The van der Waals surface area contributed by atoms with Gasteiger partial charge in [-0.15, -0.1) is 0 Å². The molecule has 38 heavy (non-hydrogen) atoms. The van der Waals surface area contributed by atoms with Crippen molar-refractivity contribution >= 4 is 22.3 Å². The fourth-order valence-corrected chi connectivity index (χ4v) is 5.88. The summed E-state index contributed by atoms with van der Waals surface area (Å²) in [5.41, 5.74) is 6.89. The van der Waals surface area contributed by atoms with E-state index in [1.54, 1.807) is 0 Å². The zero-order valence-electron chi connectivity index (χ0n) is 21.7. The van der Waals surface area contributed by atoms with E-state index >= 15 is 0 Å². The second-order valence-corrected chi connectivity index (χ2v) is 10.2. The molecule has 3 fully saturated rings. The van der Waals surface area contributed by atoms with Crippen molar-refractivity contribution in [1.29, 1.82) is 0 Å². The number of hydrogen-bond donors (Lipinski definition) is 0. The van der Waals surface area contributed by atoms with E-state index in [2.05, 4.69) is 75.0 Å². The lowest BCUT2D eigenvalue weighted by atomic mass is 9.93. The van der Waals surface area contributed by atoms with Crippen LogP contribution >= 0.6 is 0 Å². The van der Waals surface area contributed by atoms with Gasteiger partial charge < -0.3 is 28.4 Å². The fraction of sp³-hybridized carbons (Fsp3) is 0.387. The van der Waals surface area contributed by atoms with Crippen LogP contribution in [0.5, 0.6) is 0 Å². The Hall–Kier alpha value is -3.39. The Labute approximate surface area is 222 Å². The van der Waals surface area contributed by atoms with Gasteiger partial charge in [0.2, 0.25) is 5.36 Å². The number of fused-ring (bicyclic) bond motifs is 2. The Bertz CT molecular complexity index is 1460. The molecule has 7 nitrogen and oxygen atoms in total. The molecule has 4 aliphatic heterocycles. The van der Waals surface area contributed by atoms with Crippen LogP contribution in [0.25, 0.3) is 33.4 Å². The lowest BCUT2D eigenvalue weighted by molar-refractivity contribution is 0.0965. The van der Waals surface area contributed by atoms with Crippen molar-refractivity contribution in [2.75, 3.05) is 88.7 Å². The molecule has 196 valence electrons. The van der Waals surface area contributed by atoms with Crippen molar-refractivity contribution in [2.45, 2.75) is 0 Å². The Morgan fingerprint density at radius 2 is 1.24 bits per heavy atom. The molecule has 2 aromatic carbocycles. The second kappa shape index (κ2) is 10.4. The summed E-state index contributed by atoms with van der Waals surface area (Å²) in [6.07, 6.45) is 0. The fourth-order valence-electron chi connectivity index (χ4n) is 5.88. The highest BCUT2D eigenvalue weighted by Crippen LogP contribution is 2.41. The van der Waals surface area contributed by atoms with Crippen molar-refractivity contribution < 1.29 is 18.6 Å². The smallest absolute Gasteiger partial charge is 0.203 e. The van der Waals surface area contributed by atoms with Gasteiger partial charge in [-0.3, -0.25) is 0 Å². The standard InChI is InChI=1S/C31H34N3O4/c1-3-24(32-9-15-35-16-10-32)4-2-23(1)31-27-7-5-25(33-11-17-36-18-12-33)21-29(27)38-30-22-26(6-8-28(30)31)34-13-19-37-20-14-34/h1-8,21-22H,9-20H2/q+1. The van der Waals surface area contributed by atoms with Gasteiger partial charge in [0.25, 0.3) is 0 Å². The molecule has 0 bridgehead atoms. The predicted octanol–water partition coefficient (Wildman–Crippen LogP) is 3.68. The van der Waals surface area contributed by atoms with Crippen molar-refractivity contribution in [2.24, 2.45) is 0 Å². The molecule has 7 heteroatoms. The van der Waals surface area contributed by atoms with E-state index in [9.17, 15) is 0 Å². The molecule has 0 radical (unpaired) electrons. The van der Waals surface area contributed by atoms with Gasteiger partial charge in [-0.2, -0.15) is 0 Å².